The van der Waals surface area contributed by atoms with Gasteiger partial charge in [-0.1, -0.05) is 6.92 Å². The van der Waals surface area contributed by atoms with E-state index in [-0.39, 0.29) is 36.1 Å². The average molecular weight is 449 g/mol. The van der Waals surface area contributed by atoms with Crippen LogP contribution in [0.15, 0.2) is 29.1 Å². The number of rotatable bonds is 5. The smallest absolute Gasteiger partial charge is 0.343 e. The molecular weight excluding hydrogens is 426 g/mol. The molecule has 1 aromatic carbocycles. The van der Waals surface area contributed by atoms with Gasteiger partial charge in [-0.15, -0.1) is 0 Å². The largest absolute Gasteiger partial charge is 0.496 e. The highest BCUT2D eigenvalue weighted by Crippen LogP contribution is 2.39. The van der Waals surface area contributed by atoms with Crippen molar-refractivity contribution < 1.29 is 24.2 Å². The van der Waals surface area contributed by atoms with Crippen LogP contribution in [0.3, 0.4) is 0 Å². The van der Waals surface area contributed by atoms with Gasteiger partial charge in [0.1, 0.15) is 12.4 Å². The Kier molecular flexibility index (Phi) is 4.75. The van der Waals surface area contributed by atoms with E-state index >= 15 is 0 Å². The van der Waals surface area contributed by atoms with Crippen molar-refractivity contribution in [2.24, 2.45) is 5.73 Å². The summed E-state index contributed by atoms with van der Waals surface area (Å²) in [6, 6.07) is 7.25. The lowest BCUT2D eigenvalue weighted by Gasteiger charge is -2.31. The third kappa shape index (κ3) is 3.03. The third-order valence-electron chi connectivity index (χ3n) is 6.60. The number of aliphatic hydroxyl groups is 1. The second kappa shape index (κ2) is 7.41. The lowest BCUT2D eigenvalue weighted by atomic mass is 9.86. The summed E-state index contributed by atoms with van der Waals surface area (Å²) < 4.78 is 12.2. The zero-order valence-electron chi connectivity index (χ0n) is 18.3. The van der Waals surface area contributed by atoms with Crippen molar-refractivity contribution in [2.45, 2.75) is 44.9 Å². The Balaban J connectivity index is 1.71. The van der Waals surface area contributed by atoms with Gasteiger partial charge >= 0.3 is 5.97 Å². The summed E-state index contributed by atoms with van der Waals surface area (Å²) in [5, 5.41) is 11.8. The fourth-order valence-electron chi connectivity index (χ4n) is 4.79. The number of aromatic nitrogens is 2. The molecule has 33 heavy (non-hydrogen) atoms. The maximum absolute atomic E-state index is 13.3. The number of aryl methyl sites for hydroxylation is 1. The molecular formula is C24H23N3O6. The molecule has 0 fully saturated rings. The fraction of sp³-hybridized carbons (Fsp3) is 0.333. The van der Waals surface area contributed by atoms with Gasteiger partial charge in [0.25, 0.3) is 5.56 Å². The molecule has 0 saturated carbocycles. The third-order valence-corrected chi connectivity index (χ3v) is 6.60. The first-order valence-electron chi connectivity index (χ1n) is 10.7. The molecule has 170 valence electrons. The fourth-order valence-corrected chi connectivity index (χ4v) is 4.79. The van der Waals surface area contributed by atoms with Gasteiger partial charge < -0.3 is 24.9 Å². The number of nitrogens with zero attached hydrogens (tertiary/aromatic N) is 2. The Morgan fingerprint density at radius 1 is 1.33 bits per heavy atom. The molecule has 0 spiro atoms. The van der Waals surface area contributed by atoms with Gasteiger partial charge in [-0.25, -0.2) is 9.78 Å². The van der Waals surface area contributed by atoms with Crippen LogP contribution < -0.4 is 16.0 Å². The number of ether oxygens (including phenoxy) is 2. The number of fused-ring (bicyclic) bond motifs is 5. The molecule has 2 aromatic heterocycles. The summed E-state index contributed by atoms with van der Waals surface area (Å²) >= 11 is 0. The molecule has 3 aromatic rings. The van der Waals surface area contributed by atoms with Gasteiger partial charge in [0, 0.05) is 28.5 Å². The summed E-state index contributed by atoms with van der Waals surface area (Å²) in [7, 11) is 1.56. The van der Waals surface area contributed by atoms with Crippen molar-refractivity contribution in [3.05, 3.63) is 56.9 Å². The quantitative estimate of drug-likeness (QED) is 0.441. The van der Waals surface area contributed by atoms with Crippen LogP contribution in [0.1, 0.15) is 42.0 Å². The second-order valence-corrected chi connectivity index (χ2v) is 8.38. The minimum atomic E-state index is -1.86. The van der Waals surface area contributed by atoms with Crippen LogP contribution >= 0.6 is 0 Å². The molecule has 3 N–H and O–H groups in total. The topological polar surface area (TPSA) is 134 Å². The molecule has 1 atom stereocenters. The second-order valence-electron chi connectivity index (χ2n) is 8.38. The minimum Gasteiger partial charge on any atom is -0.496 e. The number of esters is 1. The van der Waals surface area contributed by atoms with Crippen LogP contribution in [0.4, 0.5) is 0 Å². The molecule has 0 bridgehead atoms. The van der Waals surface area contributed by atoms with Crippen molar-refractivity contribution in [1.29, 1.82) is 0 Å². The lowest BCUT2D eigenvalue weighted by Crippen LogP contribution is -2.44. The number of primary amides is 1. The Morgan fingerprint density at radius 2 is 2.12 bits per heavy atom. The van der Waals surface area contributed by atoms with E-state index in [4.69, 9.17) is 20.2 Å². The first-order chi connectivity index (χ1) is 15.8. The van der Waals surface area contributed by atoms with E-state index < -0.39 is 17.5 Å². The molecule has 4 heterocycles. The van der Waals surface area contributed by atoms with Crippen LogP contribution in [-0.2, 0) is 39.5 Å². The van der Waals surface area contributed by atoms with Crippen molar-refractivity contribution in [1.82, 2.24) is 9.55 Å². The number of amides is 1. The van der Waals surface area contributed by atoms with Gasteiger partial charge in [-0.2, -0.15) is 0 Å². The lowest BCUT2D eigenvalue weighted by molar-refractivity contribution is -0.172. The molecule has 0 radical (unpaired) electrons. The highest BCUT2D eigenvalue weighted by atomic mass is 16.6. The summed E-state index contributed by atoms with van der Waals surface area (Å²) in [5.74, 6) is -0.525. The van der Waals surface area contributed by atoms with Crippen LogP contribution in [-0.4, -0.2) is 33.6 Å². The number of carbonyl (C=O) groups excluding carboxylic acids is 2. The molecule has 1 amide bonds. The molecule has 0 aliphatic carbocycles. The van der Waals surface area contributed by atoms with Crippen LogP contribution in [0.2, 0.25) is 0 Å². The van der Waals surface area contributed by atoms with Gasteiger partial charge in [0.15, 0.2) is 5.60 Å². The van der Waals surface area contributed by atoms with Gasteiger partial charge in [0.2, 0.25) is 5.91 Å². The average Bonchev–Trinajstić information content (AvgIpc) is 3.16. The standard InChI is InChI=1S/C24H23N3O6/c1-3-24(31)16-9-18-21-12(10-27(18)22(29)15(16)11-33-23(24)30)8-14-13(4-7-20(25)28)19(32-2)6-5-17(14)26-21/h5-6,8-9,31H,3-4,7,10-11H2,1-2H3,(H2,25,28). The molecule has 1 unspecified atom stereocenters. The zero-order chi connectivity index (χ0) is 23.5. The zero-order valence-corrected chi connectivity index (χ0v) is 18.3. The number of carbonyl (C=O) groups is 2. The van der Waals surface area contributed by atoms with Gasteiger partial charge in [0.05, 0.1) is 36.1 Å². The Bertz CT molecular complexity index is 1410. The molecule has 5 rings (SSSR count). The normalized spacial score (nSPS) is 18.5. The summed E-state index contributed by atoms with van der Waals surface area (Å²) in [6.07, 6.45) is 0.659. The maximum Gasteiger partial charge on any atom is 0.343 e. The molecule has 0 saturated heterocycles. The SMILES string of the molecule is CCC1(O)C(=O)OCc2c1cc1n(c2=O)Cc2cc3c(CCC(N)=O)c(OC)ccc3nc2-1. The van der Waals surface area contributed by atoms with Crippen LogP contribution in [0.5, 0.6) is 5.75 Å². The van der Waals surface area contributed by atoms with E-state index in [0.29, 0.717) is 35.6 Å². The number of nitrogens with two attached hydrogens (primary N) is 1. The number of hydrogen-bond donors (Lipinski definition) is 2. The van der Waals surface area contributed by atoms with E-state index in [1.807, 2.05) is 12.1 Å². The first kappa shape index (κ1) is 21.1. The van der Waals surface area contributed by atoms with Crippen molar-refractivity contribution in [3.63, 3.8) is 0 Å². The first-order valence-corrected chi connectivity index (χ1v) is 10.7. The summed E-state index contributed by atoms with van der Waals surface area (Å²) in [6.45, 7) is 1.79. The molecule has 2 aliphatic rings. The summed E-state index contributed by atoms with van der Waals surface area (Å²) in [4.78, 5) is 41.8. The van der Waals surface area contributed by atoms with Crippen LogP contribution in [0, 0.1) is 0 Å². The summed E-state index contributed by atoms with van der Waals surface area (Å²) in [5.41, 5.74) is 7.23. The number of cyclic esters (lactones) is 1. The van der Waals surface area contributed by atoms with E-state index in [1.165, 1.54) is 0 Å². The van der Waals surface area contributed by atoms with E-state index in [1.54, 1.807) is 30.7 Å². The molecule has 9 nitrogen and oxygen atoms in total. The van der Waals surface area contributed by atoms with Gasteiger partial charge in [-0.05, 0) is 37.1 Å². The van der Waals surface area contributed by atoms with E-state index in [0.717, 1.165) is 16.5 Å². The predicted octanol–water partition coefficient (Wildman–Crippen LogP) is 1.51. The number of hydrogen-bond acceptors (Lipinski definition) is 7. The Hall–Kier alpha value is -3.72. The highest BCUT2D eigenvalue weighted by molar-refractivity contribution is 5.90. The number of benzene rings is 1. The van der Waals surface area contributed by atoms with E-state index in [9.17, 15) is 19.5 Å². The molecule has 2 aliphatic heterocycles. The van der Waals surface area contributed by atoms with Crippen molar-refractivity contribution in [2.75, 3.05) is 7.11 Å². The predicted molar refractivity (Wildman–Crippen MR) is 119 cm³/mol. The highest BCUT2D eigenvalue weighted by Gasteiger charge is 2.45. The van der Waals surface area contributed by atoms with E-state index in [2.05, 4.69) is 0 Å². The number of methoxy groups -OCH3 is 1. The number of pyridine rings is 2. The Morgan fingerprint density at radius 3 is 2.82 bits per heavy atom. The van der Waals surface area contributed by atoms with Gasteiger partial charge in [-0.3, -0.25) is 9.59 Å². The van der Waals surface area contributed by atoms with Crippen molar-refractivity contribution in [3.8, 4) is 17.1 Å². The van der Waals surface area contributed by atoms with Crippen LogP contribution in [0.25, 0.3) is 22.3 Å². The minimum absolute atomic E-state index is 0.0861. The molecule has 9 heteroatoms. The monoisotopic (exact) mass is 449 g/mol. The van der Waals surface area contributed by atoms with Crippen molar-refractivity contribution >= 4 is 22.8 Å². The maximum atomic E-state index is 13.3. The Labute approximate surface area is 188 Å².